The molecule has 5 aromatic rings. The zero-order chi connectivity index (χ0) is 69.5. The molecule has 24 heteroatoms. The number of carboxylic acid groups (broad SMARTS) is 1. The van der Waals surface area contributed by atoms with Crippen LogP contribution in [0.2, 0.25) is 0 Å². The summed E-state index contributed by atoms with van der Waals surface area (Å²) in [7, 11) is 10.1. The van der Waals surface area contributed by atoms with Gasteiger partial charge in [-0.2, -0.15) is 0 Å². The average molecular weight is 1330 g/mol. The summed E-state index contributed by atoms with van der Waals surface area (Å²) >= 11 is 0. The molecule has 96 heavy (non-hydrogen) atoms. The number of piperazine rings is 4. The molecule has 0 unspecified atom stereocenters. The molecule has 0 radical (unpaired) electrons. The Morgan fingerprint density at radius 2 is 1.01 bits per heavy atom. The highest BCUT2D eigenvalue weighted by molar-refractivity contribution is 6.62. The Morgan fingerprint density at radius 1 is 0.573 bits per heavy atom. The van der Waals surface area contributed by atoms with Crippen LogP contribution in [0, 0.1) is 12.8 Å². The van der Waals surface area contributed by atoms with Crippen molar-refractivity contribution in [2.24, 2.45) is 5.92 Å². The molecule has 0 bridgehead atoms. The fourth-order valence-electron chi connectivity index (χ4n) is 10.9. The number of carboxylic acids is 1. The predicted octanol–water partition coefficient (Wildman–Crippen LogP) is 4.73. The number of amides is 2. The molecule has 0 saturated carbocycles. The minimum absolute atomic E-state index is 0.0181. The lowest BCUT2D eigenvalue weighted by molar-refractivity contribution is -0.148. The van der Waals surface area contributed by atoms with Crippen LogP contribution in [0.15, 0.2) is 109 Å². The molecule has 6 aliphatic heterocycles. The molecule has 522 valence electrons. The van der Waals surface area contributed by atoms with E-state index in [4.69, 9.17) is 24.3 Å². The molecular formula is C72H102BN9O14. The topological polar surface area (TPSA) is 256 Å². The molecule has 1 atom stereocenters. The number of carbonyl (C=O) groups excluding carboxylic acids is 5. The van der Waals surface area contributed by atoms with E-state index >= 15 is 0 Å². The number of carbonyl (C=O) groups is 6. The summed E-state index contributed by atoms with van der Waals surface area (Å²) in [5.41, 5.74) is 8.58. The van der Waals surface area contributed by atoms with E-state index in [0.29, 0.717) is 39.9 Å². The van der Waals surface area contributed by atoms with Crippen molar-refractivity contribution in [3.63, 3.8) is 0 Å². The van der Waals surface area contributed by atoms with Gasteiger partial charge in [0.2, 0.25) is 0 Å². The Bertz CT molecular complexity index is 3180. The Labute approximate surface area is 567 Å². The third-order valence-corrected chi connectivity index (χ3v) is 17.4. The Morgan fingerprint density at radius 3 is 1.43 bits per heavy atom. The maximum absolute atomic E-state index is 13.0. The van der Waals surface area contributed by atoms with Gasteiger partial charge in [0, 0.05) is 142 Å². The second-order valence-electron chi connectivity index (χ2n) is 25.1. The van der Waals surface area contributed by atoms with Crippen LogP contribution in [0.25, 0.3) is 0 Å². The number of aliphatic hydroxyl groups excluding tert-OH is 1. The van der Waals surface area contributed by atoms with E-state index in [0.717, 1.165) is 135 Å². The molecule has 0 aromatic heterocycles. The number of aromatic carboxylic acids is 1. The highest BCUT2D eigenvalue weighted by atomic mass is 16.5. The minimum Gasteiger partial charge on any atom is -0.478 e. The van der Waals surface area contributed by atoms with Crippen molar-refractivity contribution < 1.29 is 67.6 Å². The summed E-state index contributed by atoms with van der Waals surface area (Å²) in [5.74, 6) is -2.87. The lowest BCUT2D eigenvalue weighted by atomic mass is 9.75. The summed E-state index contributed by atoms with van der Waals surface area (Å²) in [5, 5.41) is 33.7. The van der Waals surface area contributed by atoms with E-state index in [2.05, 4.69) is 94.9 Å². The number of hydrogen-bond donors (Lipinski definition) is 5. The lowest BCUT2D eigenvalue weighted by Gasteiger charge is -2.32. The van der Waals surface area contributed by atoms with Crippen molar-refractivity contribution in [1.82, 2.24) is 44.9 Å². The number of hydrogen-bond acceptors (Lipinski definition) is 20. The lowest BCUT2D eigenvalue weighted by Crippen LogP contribution is -2.47. The third kappa shape index (κ3) is 25.8. The van der Waals surface area contributed by atoms with Gasteiger partial charge in [0.1, 0.15) is 12.6 Å². The molecule has 0 aliphatic carbocycles. The molecular weight excluding hydrogens is 1230 g/mol. The molecule has 2 amide bonds. The number of rotatable bonds is 15. The molecule has 5 fully saturated rings. The molecule has 6 aliphatic rings. The van der Waals surface area contributed by atoms with Crippen molar-refractivity contribution in [3.05, 3.63) is 170 Å². The van der Waals surface area contributed by atoms with Gasteiger partial charge in [-0.25, -0.2) is 19.2 Å². The zero-order valence-electron chi connectivity index (χ0n) is 57.8. The second-order valence-corrected chi connectivity index (χ2v) is 25.1. The van der Waals surface area contributed by atoms with Crippen LogP contribution >= 0.6 is 0 Å². The van der Waals surface area contributed by atoms with Gasteiger partial charge in [-0.05, 0) is 147 Å². The number of nitrogens with one attached hydrogen (secondary N) is 2. The molecule has 6 heterocycles. The Balaban J connectivity index is 0.000000204. The van der Waals surface area contributed by atoms with E-state index in [1.807, 2.05) is 50.1 Å². The van der Waals surface area contributed by atoms with Gasteiger partial charge in [0.15, 0.2) is 0 Å². The Hall–Kier alpha value is -7.46. The van der Waals surface area contributed by atoms with E-state index in [-0.39, 0.29) is 36.5 Å². The monoisotopic (exact) mass is 1330 g/mol. The van der Waals surface area contributed by atoms with Crippen molar-refractivity contribution in [1.29, 1.82) is 0 Å². The number of benzene rings is 5. The first kappa shape index (κ1) is 77.6. The van der Waals surface area contributed by atoms with Gasteiger partial charge < -0.3 is 74.0 Å². The number of aliphatic hydroxyl groups is 1. The number of likely N-dealkylation sites (N-methyl/N-ethyl adjacent to an activating group) is 4. The number of methoxy groups -OCH3 is 2. The van der Waals surface area contributed by atoms with Crippen LogP contribution < -0.4 is 16.1 Å². The quantitative estimate of drug-likeness (QED) is 0.0539. The molecule has 23 nitrogen and oxygen atoms in total. The molecule has 5 aromatic carbocycles. The third-order valence-electron chi connectivity index (χ3n) is 17.4. The fourth-order valence-corrected chi connectivity index (χ4v) is 10.9. The smallest absolute Gasteiger partial charge is 0.478 e. The van der Waals surface area contributed by atoms with Gasteiger partial charge in [-0.15, -0.1) is 0 Å². The van der Waals surface area contributed by atoms with Crippen LogP contribution in [0.3, 0.4) is 0 Å². The predicted molar refractivity (Wildman–Crippen MR) is 370 cm³/mol. The molecule has 0 spiro atoms. The highest BCUT2D eigenvalue weighted by Crippen LogP contribution is 2.19. The maximum atomic E-state index is 13.0. The summed E-state index contributed by atoms with van der Waals surface area (Å²) < 4.78 is 24.9. The van der Waals surface area contributed by atoms with Crippen LogP contribution in [0.1, 0.15) is 112 Å². The second kappa shape index (κ2) is 40.9. The normalized spacial score (nSPS) is 17.2. The fraction of sp³-hybridized carbons (Fsp3) is 0.500. The SMILES string of the molecule is C1CCOC1.CN1CCN(Cc2ccc(CO)cc2)CC1.CN1CCNCC1.COC(=O)c1ccc(C(=O)N2CCN(C)CC2)cc1.COC(=O)c1ccc(C(=O)O)cc1.Cc1c(C(=O)N[C@H](C(=O)OCc2ccc(CN3CCN(C)CC3)cc2)C(C)C)ccc2c1B(O)OC2. The molecule has 11 rings (SSSR count). The zero-order valence-corrected chi connectivity index (χ0v) is 57.8. The first-order valence-corrected chi connectivity index (χ1v) is 33.2. The minimum atomic E-state index is -1.04. The number of nitrogens with zero attached hydrogens (tertiary/aromatic N) is 7. The first-order chi connectivity index (χ1) is 46.2. The summed E-state index contributed by atoms with van der Waals surface area (Å²) in [6.45, 7) is 27.0. The van der Waals surface area contributed by atoms with Crippen LogP contribution in [0.5, 0.6) is 0 Å². The molecule has 5 saturated heterocycles. The van der Waals surface area contributed by atoms with Crippen LogP contribution in [-0.4, -0.2) is 259 Å². The van der Waals surface area contributed by atoms with Crippen molar-refractivity contribution in [2.45, 2.75) is 72.6 Å². The first-order valence-electron chi connectivity index (χ1n) is 33.2. The number of fused-ring (bicyclic) bond motifs is 1. The van der Waals surface area contributed by atoms with Crippen molar-refractivity contribution >= 4 is 48.3 Å². The van der Waals surface area contributed by atoms with Crippen molar-refractivity contribution in [3.8, 4) is 0 Å². The highest BCUT2D eigenvalue weighted by Gasteiger charge is 2.33. The Kier molecular flexibility index (Phi) is 33.1. The average Bonchev–Trinajstić information content (AvgIpc) is 1.61. The van der Waals surface area contributed by atoms with Gasteiger partial charge in [0.25, 0.3) is 11.8 Å². The summed E-state index contributed by atoms with van der Waals surface area (Å²) in [4.78, 5) is 86.9. The van der Waals surface area contributed by atoms with Gasteiger partial charge in [-0.3, -0.25) is 19.4 Å². The number of ether oxygens (including phenoxy) is 4. The van der Waals surface area contributed by atoms with Crippen LogP contribution in [-0.2, 0) is 61.3 Å². The number of esters is 3. The van der Waals surface area contributed by atoms with Gasteiger partial charge >= 0.3 is 31.0 Å². The van der Waals surface area contributed by atoms with E-state index < -0.39 is 37.0 Å². The van der Waals surface area contributed by atoms with E-state index in [1.165, 1.54) is 75.5 Å². The van der Waals surface area contributed by atoms with Gasteiger partial charge in [0.05, 0.1) is 44.1 Å². The summed E-state index contributed by atoms with van der Waals surface area (Å²) in [6, 6.07) is 31.2. The van der Waals surface area contributed by atoms with Crippen LogP contribution in [0.4, 0.5) is 0 Å². The maximum Gasteiger partial charge on any atom is 0.492 e. The van der Waals surface area contributed by atoms with E-state index in [1.54, 1.807) is 43.3 Å². The van der Waals surface area contributed by atoms with Crippen molar-refractivity contribution in [2.75, 3.05) is 160 Å². The molecule has 5 N–H and O–H groups in total. The van der Waals surface area contributed by atoms with E-state index in [9.17, 15) is 33.8 Å². The summed E-state index contributed by atoms with van der Waals surface area (Å²) in [6.07, 6.45) is 2.56. The van der Waals surface area contributed by atoms with Gasteiger partial charge in [-0.1, -0.05) is 68.4 Å². The largest absolute Gasteiger partial charge is 0.492 e. The standard InChI is InChI=1S/C27H36BN3O5.C14H18N2O3.C13H20N2O.C9H8O4.C5H12N2.C4H8O/c1-18(2)25(29-26(32)23-10-9-22-17-36-28(34)24(22)19(23)3)27(33)35-16-21-7-5-20(6-8-21)15-31-13-11-30(4)12-14-31;1-15-7-9-16(10-8-15)13(17)11-3-5-12(6-4-11)14(18)19-2;1-14-6-8-15(9-7-14)10-12-2-4-13(11-16)5-3-12;1-13-9(12)7-4-2-6(3-5-7)8(10)11;1-7-4-2-6-3-5-7;1-2-4-5-3-1/h5-10,18,25,34H,11-17H2,1-4H3,(H,29,32);3-6H,7-10H2,1-2H3;2-5,16H,6-11H2,1H3;2-5H,1H3,(H,10,11);6H,2-5H2,1H3;1-4H2/t25-;;;;;/m0...../s1.